The zero-order chi connectivity index (χ0) is 19.9. The van der Waals surface area contributed by atoms with Gasteiger partial charge in [-0.15, -0.1) is 0 Å². The molecule has 2 atom stereocenters. The zero-order valence-corrected chi connectivity index (χ0v) is 17.4. The highest BCUT2D eigenvalue weighted by Gasteiger charge is 2.61. The third-order valence-corrected chi connectivity index (χ3v) is 7.72. The first-order valence-electron chi connectivity index (χ1n) is 9.89. The van der Waals surface area contributed by atoms with E-state index in [9.17, 15) is 9.59 Å². The topological polar surface area (TPSA) is 37.4 Å². The molecule has 2 amide bonds. The minimum atomic E-state index is -0.336. The molecule has 2 bridgehead atoms. The minimum Gasteiger partial charge on any atom is -0.274 e. The van der Waals surface area contributed by atoms with Gasteiger partial charge >= 0.3 is 0 Å². The molecule has 4 heteroatoms. The SMILES string of the molecule is Cc1ccc(N2C(=O)[C@H]3C4c5ccccc5C(c5ccccc54)[C@@H]3C2=O)cc1Br. The molecule has 4 aliphatic rings. The highest BCUT2D eigenvalue weighted by Crippen LogP contribution is 2.61. The fraction of sp³-hybridized carbons (Fsp3) is 0.200. The van der Waals surface area contributed by atoms with Crippen LogP contribution in [0.25, 0.3) is 0 Å². The number of nitrogens with zero attached hydrogens (tertiary/aromatic N) is 1. The van der Waals surface area contributed by atoms with Gasteiger partial charge in [-0.3, -0.25) is 9.59 Å². The van der Waals surface area contributed by atoms with Gasteiger partial charge in [0.1, 0.15) is 0 Å². The van der Waals surface area contributed by atoms with Crippen molar-refractivity contribution in [3.63, 3.8) is 0 Å². The zero-order valence-electron chi connectivity index (χ0n) is 15.8. The first-order chi connectivity index (χ1) is 14.1. The Morgan fingerprint density at radius 1 is 0.724 bits per heavy atom. The molecule has 1 saturated heterocycles. The number of hydrogen-bond donors (Lipinski definition) is 0. The number of rotatable bonds is 1. The lowest BCUT2D eigenvalue weighted by molar-refractivity contribution is -0.122. The number of aryl methyl sites for hydroxylation is 1. The Kier molecular flexibility index (Phi) is 3.49. The molecule has 1 aliphatic heterocycles. The third kappa shape index (κ3) is 2.13. The number of carbonyl (C=O) groups is 2. The first kappa shape index (κ1) is 17.2. The van der Waals surface area contributed by atoms with E-state index in [0.717, 1.165) is 10.0 Å². The Morgan fingerprint density at radius 3 is 1.59 bits per heavy atom. The summed E-state index contributed by atoms with van der Waals surface area (Å²) in [6.45, 7) is 1.99. The van der Waals surface area contributed by atoms with Crippen LogP contribution in [0.4, 0.5) is 5.69 Å². The summed E-state index contributed by atoms with van der Waals surface area (Å²) in [5.41, 5.74) is 6.52. The molecule has 3 aromatic rings. The minimum absolute atomic E-state index is 0.0623. The summed E-state index contributed by atoms with van der Waals surface area (Å²) in [5.74, 6) is -0.945. The second-order valence-electron chi connectivity index (χ2n) is 8.21. The second kappa shape index (κ2) is 5.90. The van der Waals surface area contributed by atoms with Crippen molar-refractivity contribution in [2.24, 2.45) is 11.8 Å². The van der Waals surface area contributed by atoms with Crippen LogP contribution in [0.15, 0.2) is 71.2 Å². The molecule has 0 unspecified atom stereocenters. The van der Waals surface area contributed by atoms with E-state index in [0.29, 0.717) is 5.69 Å². The average molecular weight is 444 g/mol. The van der Waals surface area contributed by atoms with Crippen LogP contribution < -0.4 is 4.90 Å². The largest absolute Gasteiger partial charge is 0.274 e. The van der Waals surface area contributed by atoms with Gasteiger partial charge in [0.15, 0.2) is 0 Å². The van der Waals surface area contributed by atoms with Crippen LogP contribution in [0.2, 0.25) is 0 Å². The molecule has 7 rings (SSSR count). The number of anilines is 1. The fourth-order valence-electron chi connectivity index (χ4n) is 5.65. The monoisotopic (exact) mass is 443 g/mol. The molecular formula is C25H18BrNO2. The molecule has 1 fully saturated rings. The van der Waals surface area contributed by atoms with E-state index in [4.69, 9.17) is 0 Å². The van der Waals surface area contributed by atoms with Crippen LogP contribution in [0.1, 0.15) is 39.7 Å². The van der Waals surface area contributed by atoms with E-state index in [-0.39, 0.29) is 35.5 Å². The van der Waals surface area contributed by atoms with Crippen molar-refractivity contribution < 1.29 is 9.59 Å². The molecule has 1 heterocycles. The van der Waals surface area contributed by atoms with Gasteiger partial charge in [-0.05, 0) is 46.9 Å². The molecule has 29 heavy (non-hydrogen) atoms. The lowest BCUT2D eigenvalue weighted by Gasteiger charge is -2.45. The Morgan fingerprint density at radius 2 is 1.17 bits per heavy atom. The maximum Gasteiger partial charge on any atom is 0.238 e. The number of imide groups is 1. The van der Waals surface area contributed by atoms with E-state index in [1.165, 1.54) is 27.2 Å². The summed E-state index contributed by atoms with van der Waals surface area (Å²) in [7, 11) is 0. The summed E-state index contributed by atoms with van der Waals surface area (Å²) in [5, 5.41) is 0. The first-order valence-corrected chi connectivity index (χ1v) is 10.7. The van der Waals surface area contributed by atoms with E-state index in [1.807, 2.05) is 49.4 Å². The molecule has 142 valence electrons. The van der Waals surface area contributed by atoms with Crippen molar-refractivity contribution in [3.8, 4) is 0 Å². The molecule has 0 saturated carbocycles. The van der Waals surface area contributed by atoms with Crippen molar-refractivity contribution in [3.05, 3.63) is 99.0 Å². The maximum absolute atomic E-state index is 13.6. The number of amides is 2. The van der Waals surface area contributed by atoms with Crippen LogP contribution in [0, 0.1) is 18.8 Å². The van der Waals surface area contributed by atoms with Crippen LogP contribution in [-0.2, 0) is 9.59 Å². The summed E-state index contributed by atoms with van der Waals surface area (Å²) < 4.78 is 0.903. The fourth-order valence-corrected chi connectivity index (χ4v) is 6.02. The summed E-state index contributed by atoms with van der Waals surface area (Å²) in [6, 6.07) is 22.3. The van der Waals surface area contributed by atoms with Crippen molar-refractivity contribution in [2.45, 2.75) is 18.8 Å². The number of carbonyl (C=O) groups excluding carboxylic acids is 2. The van der Waals surface area contributed by atoms with Crippen LogP contribution in [-0.4, -0.2) is 11.8 Å². The van der Waals surface area contributed by atoms with Crippen LogP contribution in [0.5, 0.6) is 0 Å². The van der Waals surface area contributed by atoms with Gasteiger partial charge in [0.2, 0.25) is 11.8 Å². The lowest BCUT2D eigenvalue weighted by atomic mass is 9.55. The molecular weight excluding hydrogens is 426 g/mol. The quantitative estimate of drug-likeness (QED) is 0.487. The van der Waals surface area contributed by atoms with Crippen molar-refractivity contribution >= 4 is 33.4 Å². The maximum atomic E-state index is 13.6. The van der Waals surface area contributed by atoms with E-state index in [2.05, 4.69) is 40.2 Å². The van der Waals surface area contributed by atoms with Gasteiger partial charge < -0.3 is 0 Å². The highest BCUT2D eigenvalue weighted by molar-refractivity contribution is 9.10. The number of hydrogen-bond acceptors (Lipinski definition) is 2. The van der Waals surface area contributed by atoms with Gasteiger partial charge in [-0.25, -0.2) is 4.90 Å². The molecule has 0 aromatic heterocycles. The van der Waals surface area contributed by atoms with Crippen molar-refractivity contribution in [1.82, 2.24) is 0 Å². The van der Waals surface area contributed by atoms with Gasteiger partial charge in [0.05, 0.1) is 17.5 Å². The third-order valence-electron chi connectivity index (χ3n) is 6.86. The van der Waals surface area contributed by atoms with E-state index < -0.39 is 0 Å². The molecule has 0 radical (unpaired) electrons. The summed E-state index contributed by atoms with van der Waals surface area (Å²) in [6.07, 6.45) is 0. The predicted molar refractivity (Wildman–Crippen MR) is 115 cm³/mol. The normalized spacial score (nSPS) is 26.3. The Hall–Kier alpha value is -2.72. The van der Waals surface area contributed by atoms with Crippen LogP contribution in [0.3, 0.4) is 0 Å². The number of halogens is 1. The van der Waals surface area contributed by atoms with Gasteiger partial charge in [-0.2, -0.15) is 0 Å². The van der Waals surface area contributed by atoms with Gasteiger partial charge in [0.25, 0.3) is 0 Å². The second-order valence-corrected chi connectivity index (χ2v) is 9.06. The summed E-state index contributed by atoms with van der Waals surface area (Å²) >= 11 is 3.54. The summed E-state index contributed by atoms with van der Waals surface area (Å²) in [4.78, 5) is 28.7. The van der Waals surface area contributed by atoms with Crippen LogP contribution >= 0.6 is 15.9 Å². The smallest absolute Gasteiger partial charge is 0.238 e. The average Bonchev–Trinajstić information content (AvgIpc) is 3.01. The molecule has 3 aromatic carbocycles. The molecule has 3 nitrogen and oxygen atoms in total. The van der Waals surface area contributed by atoms with Gasteiger partial charge in [-0.1, -0.05) is 70.5 Å². The standard InChI is InChI=1S/C25H18BrNO2/c1-13-10-11-14(12-19(13)26)27-24(28)22-20-15-6-2-3-7-16(15)21(23(22)25(27)29)18-9-5-4-8-17(18)20/h2-12,20-23H,1H3/t20?,21?,22-,23-/m0/s1. The molecule has 3 aliphatic carbocycles. The van der Waals surface area contributed by atoms with E-state index in [1.54, 1.807) is 0 Å². The number of benzene rings is 3. The van der Waals surface area contributed by atoms with Crippen molar-refractivity contribution in [2.75, 3.05) is 4.90 Å². The highest BCUT2D eigenvalue weighted by atomic mass is 79.9. The molecule has 0 spiro atoms. The van der Waals surface area contributed by atoms with Gasteiger partial charge in [0, 0.05) is 16.3 Å². The Balaban J connectivity index is 1.56. The lowest BCUT2D eigenvalue weighted by Crippen LogP contribution is -2.41. The Labute approximate surface area is 177 Å². The van der Waals surface area contributed by atoms with Crippen molar-refractivity contribution in [1.29, 1.82) is 0 Å². The Bertz CT molecular complexity index is 1100. The predicted octanol–water partition coefficient (Wildman–Crippen LogP) is 5.15. The molecule has 0 N–H and O–H groups in total. The van der Waals surface area contributed by atoms with E-state index >= 15 is 0 Å².